The number of carbonyl (C=O) groups excluding carboxylic acids is 1. The number of thiophene rings is 1. The molecule has 1 unspecified atom stereocenters. The van der Waals surface area contributed by atoms with Crippen molar-refractivity contribution in [1.29, 1.82) is 0 Å². The van der Waals surface area contributed by atoms with Crippen LogP contribution in [0.3, 0.4) is 0 Å². The number of anilines is 2. The minimum Gasteiger partial charge on any atom is -0.378 e. The SMILES string of the molecule is Cc1ccc2c(C(=O)NC3CCCN(c4cc(N5CCOCC5)ncn4)C3)csc2c1. The number of morpholine rings is 1. The van der Waals surface area contributed by atoms with Gasteiger partial charge < -0.3 is 19.9 Å². The van der Waals surface area contributed by atoms with Crippen LogP contribution in [0.1, 0.15) is 28.8 Å². The first-order valence-corrected chi connectivity index (χ1v) is 11.7. The van der Waals surface area contributed by atoms with E-state index < -0.39 is 0 Å². The summed E-state index contributed by atoms with van der Waals surface area (Å²) in [6.07, 6.45) is 3.64. The molecule has 2 aliphatic rings. The lowest BCUT2D eigenvalue weighted by Gasteiger charge is -2.34. The van der Waals surface area contributed by atoms with Gasteiger partial charge in [0.1, 0.15) is 18.0 Å². The molecule has 0 radical (unpaired) electrons. The zero-order valence-corrected chi connectivity index (χ0v) is 18.5. The van der Waals surface area contributed by atoms with E-state index in [4.69, 9.17) is 4.74 Å². The van der Waals surface area contributed by atoms with Gasteiger partial charge in [0.25, 0.3) is 5.91 Å². The molecule has 4 heterocycles. The number of fused-ring (bicyclic) bond motifs is 1. The maximum atomic E-state index is 13.0. The first-order chi connectivity index (χ1) is 15.2. The van der Waals surface area contributed by atoms with E-state index in [1.165, 1.54) is 5.56 Å². The molecule has 2 aliphatic heterocycles. The number of ether oxygens (including phenoxy) is 1. The molecule has 8 heteroatoms. The molecule has 3 aromatic rings. The Labute approximate surface area is 186 Å². The number of nitrogens with one attached hydrogen (secondary N) is 1. The van der Waals surface area contributed by atoms with Crippen LogP contribution in [0.4, 0.5) is 11.6 Å². The Bertz CT molecular complexity index is 1080. The first kappa shape index (κ1) is 20.2. The van der Waals surface area contributed by atoms with Gasteiger partial charge in [-0.1, -0.05) is 12.1 Å². The van der Waals surface area contributed by atoms with Crippen molar-refractivity contribution in [3.05, 3.63) is 47.1 Å². The molecular formula is C23H27N5O2S. The van der Waals surface area contributed by atoms with E-state index in [0.717, 1.165) is 79.5 Å². The third-order valence-electron chi connectivity index (χ3n) is 6.03. The summed E-state index contributed by atoms with van der Waals surface area (Å²) in [5.41, 5.74) is 1.99. The molecule has 2 aromatic heterocycles. The van der Waals surface area contributed by atoms with Gasteiger partial charge in [-0.2, -0.15) is 0 Å². The largest absolute Gasteiger partial charge is 0.378 e. The van der Waals surface area contributed by atoms with Gasteiger partial charge in [-0.05, 0) is 31.4 Å². The number of hydrogen-bond donors (Lipinski definition) is 1. The van der Waals surface area contributed by atoms with E-state index in [0.29, 0.717) is 0 Å². The van der Waals surface area contributed by atoms with Crippen LogP contribution < -0.4 is 15.1 Å². The van der Waals surface area contributed by atoms with Crippen molar-refractivity contribution in [3.63, 3.8) is 0 Å². The van der Waals surface area contributed by atoms with Gasteiger partial charge in [0.15, 0.2) is 0 Å². The van der Waals surface area contributed by atoms with Crippen LogP contribution >= 0.6 is 11.3 Å². The van der Waals surface area contributed by atoms with Crippen LogP contribution in [0.15, 0.2) is 36.0 Å². The number of rotatable bonds is 4. The Kier molecular flexibility index (Phi) is 5.74. The second kappa shape index (κ2) is 8.80. The molecule has 5 rings (SSSR count). The predicted octanol–water partition coefficient (Wildman–Crippen LogP) is 3.24. The van der Waals surface area contributed by atoms with E-state index in [9.17, 15) is 4.79 Å². The van der Waals surface area contributed by atoms with Gasteiger partial charge in [0.2, 0.25) is 0 Å². The van der Waals surface area contributed by atoms with Crippen molar-refractivity contribution < 1.29 is 9.53 Å². The fraction of sp³-hybridized carbons (Fsp3) is 0.435. The van der Waals surface area contributed by atoms with Crippen LogP contribution in [-0.2, 0) is 4.74 Å². The number of carbonyl (C=O) groups is 1. The standard InChI is InChI=1S/C23H27N5O2S/c1-16-4-5-18-19(14-31-20(18)11-16)23(29)26-17-3-2-6-28(13-17)22-12-21(24-15-25-22)27-7-9-30-10-8-27/h4-5,11-12,14-15,17H,2-3,6-10,13H2,1H3,(H,26,29). The summed E-state index contributed by atoms with van der Waals surface area (Å²) in [6.45, 7) is 6.93. The van der Waals surface area contributed by atoms with E-state index in [1.54, 1.807) is 17.7 Å². The highest BCUT2D eigenvalue weighted by atomic mass is 32.1. The summed E-state index contributed by atoms with van der Waals surface area (Å²) in [6, 6.07) is 8.42. The number of aromatic nitrogens is 2. The molecular weight excluding hydrogens is 410 g/mol. The lowest BCUT2D eigenvalue weighted by atomic mass is 10.0. The van der Waals surface area contributed by atoms with Crippen LogP contribution in [0.2, 0.25) is 0 Å². The van der Waals surface area contributed by atoms with Crippen molar-refractivity contribution in [2.45, 2.75) is 25.8 Å². The van der Waals surface area contributed by atoms with Gasteiger partial charge in [-0.3, -0.25) is 4.79 Å². The van der Waals surface area contributed by atoms with Gasteiger partial charge in [0.05, 0.1) is 18.8 Å². The third kappa shape index (κ3) is 4.36. The fourth-order valence-electron chi connectivity index (χ4n) is 4.35. The molecule has 0 bridgehead atoms. The molecule has 162 valence electrons. The van der Waals surface area contributed by atoms with Crippen molar-refractivity contribution in [2.24, 2.45) is 0 Å². The quantitative estimate of drug-likeness (QED) is 0.676. The van der Waals surface area contributed by atoms with Crippen LogP contribution in [-0.4, -0.2) is 61.3 Å². The number of amides is 1. The van der Waals surface area contributed by atoms with Gasteiger partial charge >= 0.3 is 0 Å². The van der Waals surface area contributed by atoms with Crippen LogP contribution in [0, 0.1) is 6.92 Å². The summed E-state index contributed by atoms with van der Waals surface area (Å²) < 4.78 is 6.61. The average molecular weight is 438 g/mol. The van der Waals surface area contributed by atoms with Crippen LogP contribution in [0.5, 0.6) is 0 Å². The topological polar surface area (TPSA) is 70.6 Å². The lowest BCUT2D eigenvalue weighted by molar-refractivity contribution is 0.0935. The molecule has 2 saturated heterocycles. The zero-order chi connectivity index (χ0) is 21.2. The Morgan fingerprint density at radius 2 is 1.94 bits per heavy atom. The lowest BCUT2D eigenvalue weighted by Crippen LogP contribution is -2.48. The second-order valence-corrected chi connectivity index (χ2v) is 9.15. The number of nitrogens with zero attached hydrogens (tertiary/aromatic N) is 4. The predicted molar refractivity (Wildman–Crippen MR) is 124 cm³/mol. The first-order valence-electron chi connectivity index (χ1n) is 10.9. The molecule has 7 nitrogen and oxygen atoms in total. The number of benzene rings is 1. The number of hydrogen-bond acceptors (Lipinski definition) is 7. The van der Waals surface area contributed by atoms with Gasteiger partial charge in [-0.15, -0.1) is 11.3 Å². The van der Waals surface area contributed by atoms with E-state index in [2.05, 4.69) is 56.3 Å². The van der Waals surface area contributed by atoms with Crippen molar-refractivity contribution in [1.82, 2.24) is 15.3 Å². The Morgan fingerprint density at radius 1 is 1.13 bits per heavy atom. The maximum Gasteiger partial charge on any atom is 0.253 e. The minimum absolute atomic E-state index is 0.0126. The number of piperidine rings is 1. The van der Waals surface area contributed by atoms with E-state index in [-0.39, 0.29) is 11.9 Å². The summed E-state index contributed by atoms with van der Waals surface area (Å²) in [4.78, 5) is 26.5. The van der Waals surface area contributed by atoms with E-state index in [1.807, 2.05) is 5.38 Å². The monoisotopic (exact) mass is 437 g/mol. The normalized spacial score (nSPS) is 19.6. The zero-order valence-electron chi connectivity index (χ0n) is 17.7. The fourth-order valence-corrected chi connectivity index (χ4v) is 5.39. The third-order valence-corrected chi connectivity index (χ3v) is 6.97. The highest BCUT2D eigenvalue weighted by Gasteiger charge is 2.24. The molecule has 1 aromatic carbocycles. The molecule has 1 amide bonds. The Morgan fingerprint density at radius 3 is 2.77 bits per heavy atom. The van der Waals surface area contributed by atoms with Gasteiger partial charge in [0, 0.05) is 53.8 Å². The second-order valence-electron chi connectivity index (χ2n) is 8.24. The number of aryl methyl sites for hydroxylation is 1. The summed E-state index contributed by atoms with van der Waals surface area (Å²) >= 11 is 1.63. The molecule has 0 spiro atoms. The molecule has 1 atom stereocenters. The summed E-state index contributed by atoms with van der Waals surface area (Å²) in [5, 5.41) is 6.27. The highest BCUT2D eigenvalue weighted by molar-refractivity contribution is 7.17. The molecule has 31 heavy (non-hydrogen) atoms. The maximum absolute atomic E-state index is 13.0. The summed E-state index contributed by atoms with van der Waals surface area (Å²) in [5.74, 6) is 1.88. The smallest absolute Gasteiger partial charge is 0.253 e. The highest BCUT2D eigenvalue weighted by Crippen LogP contribution is 2.27. The molecule has 0 aliphatic carbocycles. The van der Waals surface area contributed by atoms with Crippen molar-refractivity contribution >= 4 is 39.0 Å². The molecule has 1 N–H and O–H groups in total. The molecule has 2 fully saturated rings. The summed E-state index contributed by atoms with van der Waals surface area (Å²) in [7, 11) is 0. The van der Waals surface area contributed by atoms with Crippen molar-refractivity contribution in [2.75, 3.05) is 49.2 Å². The van der Waals surface area contributed by atoms with Crippen molar-refractivity contribution in [3.8, 4) is 0 Å². The Balaban J connectivity index is 1.27. The molecule has 0 saturated carbocycles. The minimum atomic E-state index is 0.0126. The Hall–Kier alpha value is -2.71. The van der Waals surface area contributed by atoms with E-state index >= 15 is 0 Å². The van der Waals surface area contributed by atoms with Crippen LogP contribution in [0.25, 0.3) is 10.1 Å². The average Bonchev–Trinajstić information content (AvgIpc) is 3.23. The van der Waals surface area contributed by atoms with Gasteiger partial charge in [-0.25, -0.2) is 9.97 Å².